The molecule has 0 aliphatic carbocycles. The van der Waals surface area contributed by atoms with Crippen LogP contribution in [0.3, 0.4) is 0 Å². The van der Waals surface area contributed by atoms with Gasteiger partial charge in [-0.25, -0.2) is 9.78 Å². The molecule has 0 atom stereocenters. The Morgan fingerprint density at radius 3 is 2.41 bits per heavy atom. The van der Waals surface area contributed by atoms with Crippen LogP contribution in [-0.2, 0) is 22.5 Å². The lowest BCUT2D eigenvalue weighted by atomic mass is 10.2. The van der Waals surface area contributed by atoms with Gasteiger partial charge >= 0.3 is 5.97 Å². The normalized spacial score (nSPS) is 10.9. The Hall–Kier alpha value is -3.78. The Kier molecular flexibility index (Phi) is 7.18. The van der Waals surface area contributed by atoms with Crippen molar-refractivity contribution in [2.24, 2.45) is 0 Å². The van der Waals surface area contributed by atoms with Gasteiger partial charge in [0.2, 0.25) is 5.91 Å². The average Bonchev–Trinajstić information content (AvgIpc) is 3.20. The van der Waals surface area contributed by atoms with Crippen molar-refractivity contribution in [3.63, 3.8) is 0 Å². The third-order valence-corrected chi connectivity index (χ3v) is 6.74. The van der Waals surface area contributed by atoms with Crippen LogP contribution in [0.15, 0.2) is 71.8 Å². The first-order valence-corrected chi connectivity index (χ1v) is 11.9. The Labute approximate surface area is 201 Å². The second-order valence-corrected chi connectivity index (χ2v) is 8.76. The van der Waals surface area contributed by atoms with E-state index in [1.165, 1.54) is 10.9 Å². The van der Waals surface area contributed by atoms with Gasteiger partial charge in [0, 0.05) is 18.7 Å². The zero-order chi connectivity index (χ0) is 24.1. The molecule has 0 bridgehead atoms. The molecular weight excluding hydrogens is 450 g/mol. The molecule has 2 aromatic carbocycles. The van der Waals surface area contributed by atoms with Crippen LogP contribution in [0.5, 0.6) is 0 Å². The summed E-state index contributed by atoms with van der Waals surface area (Å²) in [7, 11) is 0. The van der Waals surface area contributed by atoms with Gasteiger partial charge in [-0.05, 0) is 37.1 Å². The fourth-order valence-electron chi connectivity index (χ4n) is 3.78. The molecule has 0 radical (unpaired) electrons. The zero-order valence-electron chi connectivity index (χ0n) is 19.1. The van der Waals surface area contributed by atoms with Crippen LogP contribution in [0.25, 0.3) is 10.2 Å². The molecule has 0 spiro atoms. The molecule has 0 unspecified atom stereocenters. The van der Waals surface area contributed by atoms with Gasteiger partial charge in [-0.1, -0.05) is 48.5 Å². The maximum Gasteiger partial charge on any atom is 0.348 e. The number of hydrogen-bond acceptors (Lipinski definition) is 6. The van der Waals surface area contributed by atoms with Crippen LogP contribution in [0.1, 0.15) is 27.7 Å². The average molecular weight is 476 g/mol. The van der Waals surface area contributed by atoms with Crippen molar-refractivity contribution < 1.29 is 14.3 Å². The lowest BCUT2D eigenvalue weighted by molar-refractivity contribution is -0.119. The Balaban J connectivity index is 1.52. The summed E-state index contributed by atoms with van der Waals surface area (Å²) in [6, 6.07) is 19.1. The summed E-state index contributed by atoms with van der Waals surface area (Å²) in [5.74, 6) is -0.690. The molecule has 174 valence electrons. The molecule has 0 aliphatic heterocycles. The number of rotatable bonds is 8. The molecule has 0 fully saturated rings. The van der Waals surface area contributed by atoms with Gasteiger partial charge in [0.1, 0.15) is 16.3 Å². The largest absolute Gasteiger partial charge is 0.461 e. The SMILES string of the molecule is CCN(C(=O)Cn1cnc2sc(C(=O)OCCc3ccccc3)c(C)c2c1=O)c1ccccc1. The number of amides is 1. The van der Waals surface area contributed by atoms with Crippen LogP contribution >= 0.6 is 11.3 Å². The minimum atomic E-state index is -0.473. The van der Waals surface area contributed by atoms with Gasteiger partial charge in [0.05, 0.1) is 18.3 Å². The summed E-state index contributed by atoms with van der Waals surface area (Å²) < 4.78 is 6.74. The number of aryl methyl sites for hydroxylation is 1. The molecule has 0 N–H and O–H groups in total. The maximum absolute atomic E-state index is 13.2. The molecule has 4 rings (SSSR count). The van der Waals surface area contributed by atoms with E-state index in [1.54, 1.807) is 11.8 Å². The highest BCUT2D eigenvalue weighted by Crippen LogP contribution is 2.27. The van der Waals surface area contributed by atoms with Crippen molar-refractivity contribution in [3.05, 3.63) is 93.3 Å². The van der Waals surface area contributed by atoms with Gasteiger partial charge in [0.25, 0.3) is 5.56 Å². The van der Waals surface area contributed by atoms with Crippen LogP contribution in [0.2, 0.25) is 0 Å². The number of nitrogens with zero attached hydrogens (tertiary/aromatic N) is 3. The fraction of sp³-hybridized carbons (Fsp3) is 0.231. The molecule has 1 amide bonds. The smallest absolute Gasteiger partial charge is 0.348 e. The van der Waals surface area contributed by atoms with Gasteiger partial charge in [0.15, 0.2) is 0 Å². The van der Waals surface area contributed by atoms with E-state index in [9.17, 15) is 14.4 Å². The summed E-state index contributed by atoms with van der Waals surface area (Å²) in [6.45, 7) is 4.17. The topological polar surface area (TPSA) is 81.5 Å². The van der Waals surface area contributed by atoms with Crippen molar-refractivity contribution >= 4 is 39.1 Å². The van der Waals surface area contributed by atoms with Crippen LogP contribution in [-0.4, -0.2) is 34.6 Å². The molecule has 0 saturated carbocycles. The number of anilines is 1. The lowest BCUT2D eigenvalue weighted by Crippen LogP contribution is -2.36. The summed E-state index contributed by atoms with van der Waals surface area (Å²) in [4.78, 5) is 45.6. The van der Waals surface area contributed by atoms with Crippen molar-refractivity contribution in [1.82, 2.24) is 9.55 Å². The van der Waals surface area contributed by atoms with Crippen LogP contribution < -0.4 is 10.5 Å². The number of esters is 1. The predicted octanol–water partition coefficient (Wildman–Crippen LogP) is 4.22. The summed E-state index contributed by atoms with van der Waals surface area (Å²) in [5.41, 5.74) is 2.03. The van der Waals surface area contributed by atoms with Crippen molar-refractivity contribution in [2.75, 3.05) is 18.1 Å². The molecule has 0 aliphatic rings. The van der Waals surface area contributed by atoms with E-state index in [0.717, 1.165) is 22.6 Å². The summed E-state index contributed by atoms with van der Waals surface area (Å²) in [6.07, 6.45) is 1.97. The predicted molar refractivity (Wildman–Crippen MR) is 134 cm³/mol. The molecule has 34 heavy (non-hydrogen) atoms. The first-order chi connectivity index (χ1) is 16.5. The van der Waals surface area contributed by atoms with Crippen molar-refractivity contribution in [1.29, 1.82) is 0 Å². The number of carbonyl (C=O) groups is 2. The van der Waals surface area contributed by atoms with Gasteiger partial charge in [-0.15, -0.1) is 11.3 Å². The molecular formula is C26H25N3O4S. The minimum Gasteiger partial charge on any atom is -0.461 e. The highest BCUT2D eigenvalue weighted by atomic mass is 32.1. The Bertz CT molecular complexity index is 1360. The molecule has 8 heteroatoms. The molecule has 0 saturated heterocycles. The lowest BCUT2D eigenvalue weighted by Gasteiger charge is -2.21. The molecule has 4 aromatic rings. The highest BCUT2D eigenvalue weighted by Gasteiger charge is 2.22. The van der Waals surface area contributed by atoms with E-state index in [1.807, 2.05) is 67.6 Å². The van der Waals surface area contributed by atoms with Crippen LogP contribution in [0.4, 0.5) is 5.69 Å². The number of likely N-dealkylation sites (N-methyl/N-ethyl adjacent to an activating group) is 1. The maximum atomic E-state index is 13.2. The monoisotopic (exact) mass is 475 g/mol. The number of aromatic nitrogens is 2. The summed E-state index contributed by atoms with van der Waals surface area (Å²) >= 11 is 1.13. The quantitative estimate of drug-likeness (QED) is 0.357. The second-order valence-electron chi connectivity index (χ2n) is 7.76. The molecule has 7 nitrogen and oxygen atoms in total. The number of ether oxygens (including phenoxy) is 1. The van der Waals surface area contributed by atoms with E-state index in [2.05, 4.69) is 4.98 Å². The zero-order valence-corrected chi connectivity index (χ0v) is 19.9. The van der Waals surface area contributed by atoms with Crippen molar-refractivity contribution in [3.8, 4) is 0 Å². The molecule has 2 aromatic heterocycles. The van der Waals surface area contributed by atoms with E-state index in [-0.39, 0.29) is 24.6 Å². The van der Waals surface area contributed by atoms with Crippen LogP contribution in [0, 0.1) is 6.92 Å². The number of fused-ring (bicyclic) bond motifs is 1. The fourth-order valence-corrected chi connectivity index (χ4v) is 4.81. The number of para-hydroxylation sites is 1. The van der Waals surface area contributed by atoms with Gasteiger partial charge in [-0.2, -0.15) is 0 Å². The number of benzene rings is 2. The first kappa shape index (κ1) is 23.4. The van der Waals surface area contributed by atoms with E-state index in [0.29, 0.717) is 33.6 Å². The third kappa shape index (κ3) is 4.92. The summed E-state index contributed by atoms with van der Waals surface area (Å²) in [5, 5.41) is 0.345. The number of thiophene rings is 1. The molecule has 2 heterocycles. The van der Waals surface area contributed by atoms with Gasteiger partial charge in [-0.3, -0.25) is 14.2 Å². The Morgan fingerprint density at radius 2 is 1.74 bits per heavy atom. The third-order valence-electron chi connectivity index (χ3n) is 5.56. The first-order valence-electron chi connectivity index (χ1n) is 11.0. The van der Waals surface area contributed by atoms with Gasteiger partial charge < -0.3 is 9.64 Å². The number of carbonyl (C=O) groups excluding carboxylic acids is 2. The van der Waals surface area contributed by atoms with E-state index in [4.69, 9.17) is 4.74 Å². The second kappa shape index (κ2) is 10.4. The highest BCUT2D eigenvalue weighted by molar-refractivity contribution is 7.20. The Morgan fingerprint density at radius 1 is 1.06 bits per heavy atom. The van der Waals surface area contributed by atoms with Crippen molar-refractivity contribution in [2.45, 2.75) is 26.8 Å². The van der Waals surface area contributed by atoms with E-state index < -0.39 is 5.97 Å². The standard InChI is InChI=1S/C26H25N3O4S/c1-3-29(20-12-8-5-9-13-20)21(30)16-28-17-27-24-22(25(28)31)18(2)23(34-24)26(32)33-15-14-19-10-6-4-7-11-19/h4-13,17H,3,14-16H2,1-2H3. The minimum absolute atomic E-state index is 0.142. The van der Waals surface area contributed by atoms with E-state index >= 15 is 0 Å². The number of hydrogen-bond donors (Lipinski definition) is 0.